The van der Waals surface area contributed by atoms with Crippen molar-refractivity contribution in [3.8, 4) is 5.88 Å². The molecule has 0 unspecified atom stereocenters. The Morgan fingerprint density at radius 1 is 1.47 bits per heavy atom. The van der Waals surface area contributed by atoms with Gasteiger partial charge in [-0.2, -0.15) is 9.97 Å². The van der Waals surface area contributed by atoms with Crippen LogP contribution in [0, 0.1) is 6.92 Å². The molecule has 0 spiro atoms. The molecule has 2 rings (SSSR count). The Morgan fingerprint density at radius 3 is 2.87 bits per heavy atom. The molecule has 2 aromatic heterocycles. The van der Waals surface area contributed by atoms with Gasteiger partial charge in [-0.25, -0.2) is 0 Å². The number of ether oxygens (including phenoxy) is 1. The molecule has 6 nitrogen and oxygen atoms in total. The second-order valence-electron chi connectivity index (χ2n) is 3.13. The van der Waals surface area contributed by atoms with Gasteiger partial charge in [0.15, 0.2) is 0 Å². The van der Waals surface area contributed by atoms with Crippen LogP contribution in [0.5, 0.6) is 5.88 Å². The molecule has 0 amide bonds. The van der Waals surface area contributed by atoms with E-state index in [1.54, 1.807) is 6.92 Å². The minimum Gasteiger partial charge on any atom is -0.480 e. The van der Waals surface area contributed by atoms with Crippen LogP contribution in [0.4, 0.5) is 5.95 Å². The standard InChI is InChI=1S/C9H10N4O2/c1-4-3-5(14)11-7-6(4)8(15-2)13-9(10)12-7/h3H,1-2H3,(H3,10,11,12,13,14). The van der Waals surface area contributed by atoms with Gasteiger partial charge in [0.2, 0.25) is 17.4 Å². The Morgan fingerprint density at radius 2 is 2.20 bits per heavy atom. The summed E-state index contributed by atoms with van der Waals surface area (Å²) < 4.78 is 5.08. The molecule has 0 aliphatic rings. The van der Waals surface area contributed by atoms with E-state index in [1.165, 1.54) is 13.2 Å². The fourth-order valence-corrected chi connectivity index (χ4v) is 1.47. The predicted octanol–water partition coefficient (Wildman–Crippen LogP) is 0.217. The highest BCUT2D eigenvalue weighted by molar-refractivity contribution is 5.84. The summed E-state index contributed by atoms with van der Waals surface area (Å²) in [5.74, 6) is 0.437. The predicted molar refractivity (Wildman–Crippen MR) is 55.9 cm³/mol. The highest BCUT2D eigenvalue weighted by Gasteiger charge is 2.10. The first-order valence-electron chi connectivity index (χ1n) is 4.33. The smallest absolute Gasteiger partial charge is 0.249 e. The molecular formula is C9H10N4O2. The summed E-state index contributed by atoms with van der Waals surface area (Å²) in [6, 6.07) is 1.46. The molecule has 0 aliphatic heterocycles. The molecular weight excluding hydrogens is 196 g/mol. The van der Waals surface area contributed by atoms with Crippen molar-refractivity contribution in [3.05, 3.63) is 22.0 Å². The lowest BCUT2D eigenvalue weighted by molar-refractivity contribution is 0.403. The van der Waals surface area contributed by atoms with Crippen molar-refractivity contribution in [2.45, 2.75) is 6.92 Å². The molecule has 15 heavy (non-hydrogen) atoms. The summed E-state index contributed by atoms with van der Waals surface area (Å²) in [5.41, 5.74) is 6.40. The maximum Gasteiger partial charge on any atom is 0.249 e. The summed E-state index contributed by atoms with van der Waals surface area (Å²) in [7, 11) is 1.49. The first kappa shape index (κ1) is 9.45. The van der Waals surface area contributed by atoms with Crippen molar-refractivity contribution >= 4 is 17.0 Å². The van der Waals surface area contributed by atoms with Crippen LogP contribution in [0.1, 0.15) is 5.56 Å². The normalized spacial score (nSPS) is 10.5. The Hall–Kier alpha value is -2.11. The lowest BCUT2D eigenvalue weighted by atomic mass is 10.2. The molecule has 2 aromatic rings. The number of hydrogen-bond donors (Lipinski definition) is 2. The molecule has 0 fully saturated rings. The number of nitrogen functional groups attached to an aromatic ring is 1. The topological polar surface area (TPSA) is 93.9 Å². The first-order chi connectivity index (χ1) is 7.11. The summed E-state index contributed by atoms with van der Waals surface area (Å²) in [5, 5.41) is 0.673. The third kappa shape index (κ3) is 1.50. The third-order valence-electron chi connectivity index (χ3n) is 2.07. The highest BCUT2D eigenvalue weighted by Crippen LogP contribution is 2.23. The number of aryl methyl sites for hydroxylation is 1. The average Bonchev–Trinajstić information content (AvgIpc) is 2.14. The number of hydrogen-bond acceptors (Lipinski definition) is 5. The number of methoxy groups -OCH3 is 1. The van der Waals surface area contributed by atoms with E-state index in [-0.39, 0.29) is 11.5 Å². The molecule has 6 heteroatoms. The van der Waals surface area contributed by atoms with Crippen molar-refractivity contribution in [1.29, 1.82) is 0 Å². The zero-order valence-corrected chi connectivity index (χ0v) is 8.37. The van der Waals surface area contributed by atoms with Gasteiger partial charge in [-0.3, -0.25) is 4.79 Å². The van der Waals surface area contributed by atoms with E-state index in [2.05, 4.69) is 15.0 Å². The van der Waals surface area contributed by atoms with Gasteiger partial charge in [-0.1, -0.05) is 0 Å². The van der Waals surface area contributed by atoms with Crippen molar-refractivity contribution in [1.82, 2.24) is 15.0 Å². The molecule has 0 aliphatic carbocycles. The maximum atomic E-state index is 11.2. The summed E-state index contributed by atoms with van der Waals surface area (Å²) in [6.45, 7) is 1.79. The van der Waals surface area contributed by atoms with Crippen molar-refractivity contribution < 1.29 is 4.74 Å². The number of anilines is 1. The molecule has 3 N–H and O–H groups in total. The Bertz CT molecular complexity index is 576. The van der Waals surface area contributed by atoms with Gasteiger partial charge in [0.1, 0.15) is 5.65 Å². The number of aromatic amines is 1. The van der Waals surface area contributed by atoms with Crippen LogP contribution < -0.4 is 16.0 Å². The third-order valence-corrected chi connectivity index (χ3v) is 2.07. The zero-order chi connectivity index (χ0) is 11.0. The number of pyridine rings is 1. The average molecular weight is 206 g/mol. The summed E-state index contributed by atoms with van der Waals surface area (Å²) >= 11 is 0. The van der Waals surface area contributed by atoms with E-state index in [9.17, 15) is 4.79 Å². The number of nitrogens with zero attached hydrogens (tertiary/aromatic N) is 2. The van der Waals surface area contributed by atoms with Crippen LogP contribution in [0.2, 0.25) is 0 Å². The van der Waals surface area contributed by atoms with E-state index >= 15 is 0 Å². The van der Waals surface area contributed by atoms with E-state index in [0.717, 1.165) is 5.56 Å². The quantitative estimate of drug-likeness (QED) is 0.695. The van der Waals surface area contributed by atoms with Gasteiger partial charge in [0, 0.05) is 6.07 Å². The minimum absolute atomic E-state index is 0.0700. The molecule has 0 aromatic carbocycles. The largest absolute Gasteiger partial charge is 0.480 e. The van der Waals surface area contributed by atoms with Crippen LogP contribution in [0.25, 0.3) is 11.0 Å². The van der Waals surface area contributed by atoms with Gasteiger partial charge in [-0.15, -0.1) is 0 Å². The van der Waals surface area contributed by atoms with Crippen molar-refractivity contribution in [2.75, 3.05) is 12.8 Å². The van der Waals surface area contributed by atoms with E-state index in [1.807, 2.05) is 0 Å². The molecule has 0 bridgehead atoms. The fourth-order valence-electron chi connectivity index (χ4n) is 1.47. The monoisotopic (exact) mass is 206 g/mol. The molecule has 0 radical (unpaired) electrons. The van der Waals surface area contributed by atoms with E-state index < -0.39 is 0 Å². The molecule has 0 saturated carbocycles. The van der Waals surface area contributed by atoms with Crippen molar-refractivity contribution in [2.24, 2.45) is 0 Å². The maximum absolute atomic E-state index is 11.2. The molecule has 0 saturated heterocycles. The Balaban J connectivity index is 2.96. The van der Waals surface area contributed by atoms with E-state index in [4.69, 9.17) is 10.5 Å². The van der Waals surface area contributed by atoms with Gasteiger partial charge in [0.05, 0.1) is 12.5 Å². The fraction of sp³-hybridized carbons (Fsp3) is 0.222. The summed E-state index contributed by atoms with van der Waals surface area (Å²) in [6.07, 6.45) is 0. The number of aromatic nitrogens is 3. The van der Waals surface area contributed by atoms with Gasteiger partial charge in [-0.05, 0) is 12.5 Å². The lowest BCUT2D eigenvalue weighted by Gasteiger charge is -2.06. The van der Waals surface area contributed by atoms with Gasteiger partial charge in [0.25, 0.3) is 0 Å². The van der Waals surface area contributed by atoms with Crippen LogP contribution in [0.15, 0.2) is 10.9 Å². The first-order valence-corrected chi connectivity index (χ1v) is 4.33. The Labute approximate surface area is 85.1 Å². The highest BCUT2D eigenvalue weighted by atomic mass is 16.5. The number of rotatable bonds is 1. The van der Waals surface area contributed by atoms with Crippen LogP contribution >= 0.6 is 0 Å². The second-order valence-corrected chi connectivity index (χ2v) is 3.13. The molecule has 0 atom stereocenters. The number of nitrogens with one attached hydrogen (secondary N) is 1. The van der Waals surface area contributed by atoms with E-state index in [0.29, 0.717) is 16.9 Å². The zero-order valence-electron chi connectivity index (χ0n) is 8.37. The minimum atomic E-state index is -0.222. The lowest BCUT2D eigenvalue weighted by Crippen LogP contribution is -2.09. The molecule has 78 valence electrons. The van der Waals surface area contributed by atoms with Gasteiger partial charge < -0.3 is 15.5 Å². The van der Waals surface area contributed by atoms with Gasteiger partial charge >= 0.3 is 0 Å². The molecule has 2 heterocycles. The second kappa shape index (κ2) is 3.23. The number of H-pyrrole nitrogens is 1. The number of nitrogens with two attached hydrogens (primary N) is 1. The van der Waals surface area contributed by atoms with Crippen LogP contribution in [-0.2, 0) is 0 Å². The van der Waals surface area contributed by atoms with Crippen LogP contribution in [-0.4, -0.2) is 22.1 Å². The van der Waals surface area contributed by atoms with Crippen LogP contribution in [0.3, 0.4) is 0 Å². The Kier molecular flexibility index (Phi) is 2.03. The number of fused-ring (bicyclic) bond motifs is 1. The summed E-state index contributed by atoms with van der Waals surface area (Å²) in [4.78, 5) is 21.7. The SMILES string of the molecule is COc1nc(N)nc2[nH]c(=O)cc(C)c12. The van der Waals surface area contributed by atoms with Crippen molar-refractivity contribution in [3.63, 3.8) is 0 Å².